The van der Waals surface area contributed by atoms with Gasteiger partial charge in [-0.3, -0.25) is 4.90 Å². The van der Waals surface area contributed by atoms with Crippen molar-refractivity contribution in [2.45, 2.75) is 31.6 Å². The van der Waals surface area contributed by atoms with Crippen LogP contribution in [0, 0.1) is 5.82 Å². The lowest BCUT2D eigenvalue weighted by atomic mass is 10.0. The summed E-state index contributed by atoms with van der Waals surface area (Å²) < 4.78 is 24.2. The molecule has 0 radical (unpaired) electrons. The van der Waals surface area contributed by atoms with E-state index in [0.717, 1.165) is 25.1 Å². The van der Waals surface area contributed by atoms with Crippen molar-refractivity contribution in [1.82, 2.24) is 4.90 Å². The summed E-state index contributed by atoms with van der Waals surface area (Å²) in [7, 11) is 0. The summed E-state index contributed by atoms with van der Waals surface area (Å²) in [6.45, 7) is 3.32. The van der Waals surface area contributed by atoms with Crippen LogP contribution >= 0.6 is 0 Å². The van der Waals surface area contributed by atoms with E-state index in [0.29, 0.717) is 19.3 Å². The maximum Gasteiger partial charge on any atom is 0.170 e. The SMILES string of the molecule is Fc1cccc(C[C@H]2CCCN2CC2OCCO2)c1. The summed E-state index contributed by atoms with van der Waals surface area (Å²) in [5, 5.41) is 0. The number of benzene rings is 1. The summed E-state index contributed by atoms with van der Waals surface area (Å²) in [5.74, 6) is -0.149. The van der Waals surface area contributed by atoms with Crippen molar-refractivity contribution in [3.8, 4) is 0 Å². The summed E-state index contributed by atoms with van der Waals surface area (Å²) in [6.07, 6.45) is 3.20. The Hall–Kier alpha value is -0.970. The normalized spacial score (nSPS) is 25.2. The van der Waals surface area contributed by atoms with E-state index in [2.05, 4.69) is 4.90 Å². The monoisotopic (exact) mass is 265 g/mol. The molecule has 19 heavy (non-hydrogen) atoms. The number of rotatable bonds is 4. The van der Waals surface area contributed by atoms with E-state index in [1.54, 1.807) is 12.1 Å². The lowest BCUT2D eigenvalue weighted by Crippen LogP contribution is -2.37. The first-order valence-corrected chi connectivity index (χ1v) is 7.03. The highest BCUT2D eigenvalue weighted by atomic mass is 19.1. The van der Waals surface area contributed by atoms with Crippen LogP contribution in [-0.2, 0) is 15.9 Å². The third-order valence-corrected chi connectivity index (χ3v) is 3.93. The fourth-order valence-electron chi connectivity index (χ4n) is 3.01. The molecule has 2 saturated heterocycles. The first kappa shape index (κ1) is 13.0. The average molecular weight is 265 g/mol. The molecule has 104 valence electrons. The van der Waals surface area contributed by atoms with E-state index in [-0.39, 0.29) is 12.1 Å². The van der Waals surface area contributed by atoms with Gasteiger partial charge in [0.15, 0.2) is 6.29 Å². The summed E-state index contributed by atoms with van der Waals surface area (Å²) >= 11 is 0. The standard InChI is InChI=1S/C15H20FNO2/c16-13-4-1-3-12(9-13)10-14-5-2-6-17(14)11-15-18-7-8-19-15/h1,3-4,9,14-15H,2,5-8,10-11H2/t14-/m1/s1. The molecule has 4 heteroatoms. The van der Waals surface area contributed by atoms with Gasteiger partial charge >= 0.3 is 0 Å². The van der Waals surface area contributed by atoms with Crippen molar-refractivity contribution < 1.29 is 13.9 Å². The van der Waals surface area contributed by atoms with E-state index in [1.807, 2.05) is 6.07 Å². The average Bonchev–Trinajstić information content (AvgIpc) is 3.03. The number of ether oxygens (including phenoxy) is 2. The second-order valence-corrected chi connectivity index (χ2v) is 5.30. The summed E-state index contributed by atoms with van der Waals surface area (Å²) in [4.78, 5) is 2.42. The highest BCUT2D eigenvalue weighted by Crippen LogP contribution is 2.23. The van der Waals surface area contributed by atoms with Crippen LogP contribution in [0.4, 0.5) is 4.39 Å². The zero-order valence-electron chi connectivity index (χ0n) is 11.1. The first-order chi connectivity index (χ1) is 9.31. The molecule has 0 unspecified atom stereocenters. The quantitative estimate of drug-likeness (QED) is 0.833. The molecule has 2 fully saturated rings. The van der Waals surface area contributed by atoms with Gasteiger partial charge in [0.1, 0.15) is 5.82 Å². The highest BCUT2D eigenvalue weighted by Gasteiger charge is 2.28. The van der Waals surface area contributed by atoms with Gasteiger partial charge in [-0.15, -0.1) is 0 Å². The Morgan fingerprint density at radius 3 is 2.89 bits per heavy atom. The van der Waals surface area contributed by atoms with Crippen LogP contribution in [0.1, 0.15) is 18.4 Å². The number of likely N-dealkylation sites (tertiary alicyclic amines) is 1. The van der Waals surface area contributed by atoms with Gasteiger partial charge in [0, 0.05) is 12.6 Å². The van der Waals surface area contributed by atoms with Crippen molar-refractivity contribution in [3.63, 3.8) is 0 Å². The van der Waals surface area contributed by atoms with Gasteiger partial charge in [-0.25, -0.2) is 4.39 Å². The molecule has 0 spiro atoms. The first-order valence-electron chi connectivity index (χ1n) is 7.03. The molecular weight excluding hydrogens is 245 g/mol. The van der Waals surface area contributed by atoms with Crippen LogP contribution in [-0.4, -0.2) is 43.5 Å². The minimum atomic E-state index is -0.149. The Balaban J connectivity index is 1.59. The van der Waals surface area contributed by atoms with Crippen LogP contribution in [0.15, 0.2) is 24.3 Å². The zero-order chi connectivity index (χ0) is 13.1. The van der Waals surface area contributed by atoms with Crippen molar-refractivity contribution >= 4 is 0 Å². The summed E-state index contributed by atoms with van der Waals surface area (Å²) in [6, 6.07) is 7.40. The maximum atomic E-state index is 13.2. The Morgan fingerprint density at radius 1 is 1.26 bits per heavy atom. The smallest absolute Gasteiger partial charge is 0.170 e. The Morgan fingerprint density at radius 2 is 2.11 bits per heavy atom. The molecule has 0 aromatic heterocycles. The van der Waals surface area contributed by atoms with Gasteiger partial charge < -0.3 is 9.47 Å². The van der Waals surface area contributed by atoms with Crippen molar-refractivity contribution in [3.05, 3.63) is 35.6 Å². The second-order valence-electron chi connectivity index (χ2n) is 5.30. The predicted molar refractivity (Wildman–Crippen MR) is 70.4 cm³/mol. The minimum absolute atomic E-state index is 0.0758. The third kappa shape index (κ3) is 3.32. The fraction of sp³-hybridized carbons (Fsp3) is 0.600. The van der Waals surface area contributed by atoms with Crippen LogP contribution in [0.3, 0.4) is 0 Å². The van der Waals surface area contributed by atoms with Gasteiger partial charge in [-0.1, -0.05) is 12.1 Å². The zero-order valence-corrected chi connectivity index (χ0v) is 11.1. The van der Waals surface area contributed by atoms with E-state index in [4.69, 9.17) is 9.47 Å². The minimum Gasteiger partial charge on any atom is -0.349 e. The van der Waals surface area contributed by atoms with E-state index < -0.39 is 0 Å². The van der Waals surface area contributed by atoms with Crippen molar-refractivity contribution in [2.75, 3.05) is 26.3 Å². The highest BCUT2D eigenvalue weighted by molar-refractivity contribution is 5.17. The van der Waals surface area contributed by atoms with Gasteiger partial charge in [-0.2, -0.15) is 0 Å². The lowest BCUT2D eigenvalue weighted by Gasteiger charge is -2.26. The Kier molecular flexibility index (Phi) is 4.11. The third-order valence-electron chi connectivity index (χ3n) is 3.93. The largest absolute Gasteiger partial charge is 0.349 e. The molecule has 0 bridgehead atoms. The number of hydrogen-bond acceptors (Lipinski definition) is 3. The van der Waals surface area contributed by atoms with Crippen LogP contribution in [0.25, 0.3) is 0 Å². The number of hydrogen-bond donors (Lipinski definition) is 0. The van der Waals surface area contributed by atoms with Crippen LogP contribution in [0.2, 0.25) is 0 Å². The Bertz CT molecular complexity index is 420. The van der Waals surface area contributed by atoms with Gasteiger partial charge in [0.25, 0.3) is 0 Å². The van der Waals surface area contributed by atoms with E-state index in [9.17, 15) is 4.39 Å². The molecule has 0 amide bonds. The van der Waals surface area contributed by atoms with Crippen LogP contribution in [0.5, 0.6) is 0 Å². The van der Waals surface area contributed by atoms with E-state index >= 15 is 0 Å². The number of halogens is 1. The van der Waals surface area contributed by atoms with Crippen molar-refractivity contribution in [1.29, 1.82) is 0 Å². The van der Waals surface area contributed by atoms with E-state index in [1.165, 1.54) is 18.9 Å². The molecule has 3 rings (SSSR count). The van der Waals surface area contributed by atoms with Gasteiger partial charge in [-0.05, 0) is 43.5 Å². The predicted octanol–water partition coefficient (Wildman–Crippen LogP) is 2.21. The second kappa shape index (κ2) is 5.99. The lowest BCUT2D eigenvalue weighted by molar-refractivity contribution is -0.0638. The molecule has 0 N–H and O–H groups in total. The number of nitrogens with zero attached hydrogens (tertiary/aromatic N) is 1. The summed E-state index contributed by atoms with van der Waals surface area (Å²) in [5.41, 5.74) is 1.07. The molecular formula is C15H20FNO2. The van der Waals surface area contributed by atoms with Crippen LogP contribution < -0.4 is 0 Å². The molecule has 1 aromatic carbocycles. The fourth-order valence-corrected chi connectivity index (χ4v) is 3.01. The molecule has 2 aliphatic heterocycles. The van der Waals surface area contributed by atoms with Gasteiger partial charge in [0.2, 0.25) is 0 Å². The molecule has 1 aromatic rings. The van der Waals surface area contributed by atoms with Gasteiger partial charge in [0.05, 0.1) is 13.2 Å². The molecule has 0 saturated carbocycles. The molecule has 2 aliphatic rings. The molecule has 3 nitrogen and oxygen atoms in total. The molecule has 0 aliphatic carbocycles. The topological polar surface area (TPSA) is 21.7 Å². The van der Waals surface area contributed by atoms with Crippen molar-refractivity contribution in [2.24, 2.45) is 0 Å². The molecule has 2 heterocycles. The Labute approximate surface area is 113 Å². The molecule has 1 atom stereocenters. The maximum absolute atomic E-state index is 13.2.